The molecule has 0 amide bonds. The van der Waals surface area contributed by atoms with Crippen molar-refractivity contribution in [3.8, 4) is 0 Å². The van der Waals surface area contributed by atoms with Gasteiger partial charge in [-0.3, -0.25) is 4.79 Å². The lowest BCUT2D eigenvalue weighted by atomic mass is 9.66. The molecule has 0 heterocycles. The van der Waals surface area contributed by atoms with Crippen molar-refractivity contribution in [2.45, 2.75) is 18.9 Å². The highest BCUT2D eigenvalue weighted by Crippen LogP contribution is 2.40. The number of carbonyl (C=O) groups is 1. The van der Waals surface area contributed by atoms with Gasteiger partial charge in [-0.05, 0) is 24.8 Å². The highest BCUT2D eigenvalue weighted by atomic mass is 16.3. The van der Waals surface area contributed by atoms with Gasteiger partial charge in [-0.2, -0.15) is 0 Å². The Morgan fingerprint density at radius 3 is 2.80 bits per heavy atom. The molecule has 1 N–H and O–H groups in total. The Morgan fingerprint density at radius 1 is 1.50 bits per heavy atom. The van der Waals surface area contributed by atoms with Crippen LogP contribution in [0.2, 0.25) is 0 Å². The van der Waals surface area contributed by atoms with E-state index in [-0.39, 0.29) is 23.7 Å². The van der Waals surface area contributed by atoms with E-state index in [4.69, 9.17) is 0 Å². The summed E-state index contributed by atoms with van der Waals surface area (Å²) >= 11 is 0. The van der Waals surface area contributed by atoms with Crippen LogP contribution in [0.1, 0.15) is 12.8 Å². The molecule has 2 aliphatic carbocycles. The zero-order valence-corrected chi connectivity index (χ0v) is 5.66. The molecule has 54 valence electrons. The summed E-state index contributed by atoms with van der Waals surface area (Å²) in [5.41, 5.74) is 0. The molecule has 2 aliphatic rings. The zero-order valence-electron chi connectivity index (χ0n) is 5.66. The summed E-state index contributed by atoms with van der Waals surface area (Å²) in [4.78, 5) is 11.0. The molecule has 3 unspecified atom stereocenters. The fourth-order valence-electron chi connectivity index (χ4n) is 1.75. The van der Waals surface area contributed by atoms with Crippen molar-refractivity contribution >= 4 is 5.78 Å². The minimum atomic E-state index is -0.351. The molecule has 0 radical (unpaired) electrons. The van der Waals surface area contributed by atoms with Crippen LogP contribution in [-0.4, -0.2) is 17.0 Å². The number of fused-ring (bicyclic) bond motifs is 1. The Balaban J connectivity index is 2.23. The van der Waals surface area contributed by atoms with Crippen molar-refractivity contribution in [2.24, 2.45) is 11.8 Å². The largest absolute Gasteiger partial charge is 0.389 e. The number of hydrogen-bond donors (Lipinski definition) is 1. The van der Waals surface area contributed by atoms with Crippen molar-refractivity contribution in [3.63, 3.8) is 0 Å². The van der Waals surface area contributed by atoms with Gasteiger partial charge in [0.15, 0.2) is 5.78 Å². The normalized spacial score (nSPS) is 44.5. The maximum atomic E-state index is 11.0. The molecule has 0 aromatic heterocycles. The molecule has 1 saturated carbocycles. The highest BCUT2D eigenvalue weighted by Gasteiger charge is 2.41. The van der Waals surface area contributed by atoms with Crippen LogP contribution in [0.15, 0.2) is 12.2 Å². The molecule has 3 atom stereocenters. The molecule has 2 heteroatoms. The summed E-state index contributed by atoms with van der Waals surface area (Å²) < 4.78 is 0. The standard InChI is InChI=1S/C8H10O2/c9-7-3-4-8(10)6-2-1-5(6)7/h3-7,9H,1-2H2. The maximum absolute atomic E-state index is 11.0. The van der Waals surface area contributed by atoms with Gasteiger partial charge in [0.1, 0.15) is 0 Å². The lowest BCUT2D eigenvalue weighted by molar-refractivity contribution is -0.127. The van der Waals surface area contributed by atoms with Crippen molar-refractivity contribution in [1.82, 2.24) is 0 Å². The maximum Gasteiger partial charge on any atom is 0.158 e. The van der Waals surface area contributed by atoms with E-state index in [1.165, 1.54) is 6.08 Å². The zero-order chi connectivity index (χ0) is 7.14. The van der Waals surface area contributed by atoms with Gasteiger partial charge >= 0.3 is 0 Å². The van der Waals surface area contributed by atoms with Gasteiger partial charge in [0, 0.05) is 5.92 Å². The minimum absolute atomic E-state index is 0.153. The van der Waals surface area contributed by atoms with Crippen LogP contribution in [0.4, 0.5) is 0 Å². The quantitative estimate of drug-likeness (QED) is 0.529. The van der Waals surface area contributed by atoms with Crippen LogP contribution in [-0.2, 0) is 4.79 Å². The van der Waals surface area contributed by atoms with E-state index in [1.54, 1.807) is 6.08 Å². The van der Waals surface area contributed by atoms with E-state index >= 15 is 0 Å². The number of aliphatic hydroxyl groups is 1. The van der Waals surface area contributed by atoms with Gasteiger partial charge in [0.05, 0.1) is 6.10 Å². The number of rotatable bonds is 0. The predicted octanol–water partition coefficient (Wildman–Crippen LogP) is 0.512. The molecule has 0 bridgehead atoms. The Kier molecular flexibility index (Phi) is 1.17. The predicted molar refractivity (Wildman–Crippen MR) is 36.4 cm³/mol. The van der Waals surface area contributed by atoms with E-state index in [0.29, 0.717) is 0 Å². The third-order valence-corrected chi connectivity index (χ3v) is 2.59. The minimum Gasteiger partial charge on any atom is -0.389 e. The second-order valence-electron chi connectivity index (χ2n) is 3.10. The average molecular weight is 138 g/mol. The molecule has 0 aliphatic heterocycles. The number of carbonyl (C=O) groups excluding carboxylic acids is 1. The number of allylic oxidation sites excluding steroid dienone is 1. The fourth-order valence-corrected chi connectivity index (χ4v) is 1.75. The first-order chi connectivity index (χ1) is 4.79. The average Bonchev–Trinajstić information content (AvgIpc) is 1.78. The van der Waals surface area contributed by atoms with E-state index in [0.717, 1.165) is 12.8 Å². The van der Waals surface area contributed by atoms with E-state index in [2.05, 4.69) is 0 Å². The molecular weight excluding hydrogens is 128 g/mol. The summed E-state index contributed by atoms with van der Waals surface area (Å²) in [6, 6.07) is 0. The van der Waals surface area contributed by atoms with E-state index < -0.39 is 0 Å². The number of aliphatic hydroxyl groups excluding tert-OH is 1. The molecule has 2 rings (SSSR count). The molecular formula is C8H10O2. The first kappa shape index (κ1) is 6.10. The Hall–Kier alpha value is -0.630. The van der Waals surface area contributed by atoms with Gasteiger partial charge in [-0.15, -0.1) is 0 Å². The van der Waals surface area contributed by atoms with Gasteiger partial charge in [0.25, 0.3) is 0 Å². The Labute approximate surface area is 59.5 Å². The molecule has 0 saturated heterocycles. The first-order valence-electron chi connectivity index (χ1n) is 3.69. The Morgan fingerprint density at radius 2 is 2.30 bits per heavy atom. The molecule has 2 nitrogen and oxygen atoms in total. The molecule has 0 aromatic rings. The molecule has 1 fully saturated rings. The second-order valence-corrected chi connectivity index (χ2v) is 3.10. The molecule has 0 aromatic carbocycles. The second kappa shape index (κ2) is 1.92. The SMILES string of the molecule is O=C1C=CC(O)C2CCC12. The van der Waals surface area contributed by atoms with Crippen molar-refractivity contribution in [3.05, 3.63) is 12.2 Å². The van der Waals surface area contributed by atoms with Crippen LogP contribution in [0, 0.1) is 11.8 Å². The summed E-state index contributed by atoms with van der Waals surface area (Å²) in [6.07, 6.45) is 4.77. The van der Waals surface area contributed by atoms with Crippen molar-refractivity contribution in [2.75, 3.05) is 0 Å². The summed E-state index contributed by atoms with van der Waals surface area (Å²) in [7, 11) is 0. The van der Waals surface area contributed by atoms with Crippen molar-refractivity contribution < 1.29 is 9.90 Å². The van der Waals surface area contributed by atoms with Gasteiger partial charge in [0.2, 0.25) is 0 Å². The fraction of sp³-hybridized carbons (Fsp3) is 0.625. The van der Waals surface area contributed by atoms with Crippen LogP contribution in [0.3, 0.4) is 0 Å². The van der Waals surface area contributed by atoms with Gasteiger partial charge in [-0.1, -0.05) is 6.08 Å². The topological polar surface area (TPSA) is 37.3 Å². The van der Waals surface area contributed by atoms with E-state index in [1.807, 2.05) is 0 Å². The van der Waals surface area contributed by atoms with Gasteiger partial charge < -0.3 is 5.11 Å². The van der Waals surface area contributed by atoms with Gasteiger partial charge in [-0.25, -0.2) is 0 Å². The molecule has 0 spiro atoms. The lowest BCUT2D eigenvalue weighted by Gasteiger charge is -2.39. The Bertz CT molecular complexity index is 195. The summed E-state index contributed by atoms with van der Waals surface area (Å²) in [5.74, 6) is 0.610. The lowest BCUT2D eigenvalue weighted by Crippen LogP contribution is -2.42. The number of hydrogen-bond acceptors (Lipinski definition) is 2. The van der Waals surface area contributed by atoms with Crippen LogP contribution >= 0.6 is 0 Å². The summed E-state index contributed by atoms with van der Waals surface area (Å²) in [5, 5.41) is 9.28. The van der Waals surface area contributed by atoms with Crippen LogP contribution < -0.4 is 0 Å². The summed E-state index contributed by atoms with van der Waals surface area (Å²) in [6.45, 7) is 0. The first-order valence-corrected chi connectivity index (χ1v) is 3.69. The third kappa shape index (κ3) is 0.655. The third-order valence-electron chi connectivity index (χ3n) is 2.59. The smallest absolute Gasteiger partial charge is 0.158 e. The highest BCUT2D eigenvalue weighted by molar-refractivity contribution is 5.93. The monoisotopic (exact) mass is 138 g/mol. The number of ketones is 1. The van der Waals surface area contributed by atoms with Crippen molar-refractivity contribution in [1.29, 1.82) is 0 Å². The van der Waals surface area contributed by atoms with E-state index in [9.17, 15) is 9.90 Å². The molecule has 10 heavy (non-hydrogen) atoms. The van der Waals surface area contributed by atoms with Crippen LogP contribution in [0.25, 0.3) is 0 Å². The van der Waals surface area contributed by atoms with Crippen LogP contribution in [0.5, 0.6) is 0 Å².